The molecule has 18 heavy (non-hydrogen) atoms. The Labute approximate surface area is 113 Å². The summed E-state index contributed by atoms with van der Waals surface area (Å²) in [6.45, 7) is 1.26. The van der Waals surface area contributed by atoms with Crippen LogP contribution in [0.3, 0.4) is 0 Å². The van der Waals surface area contributed by atoms with Crippen molar-refractivity contribution in [1.29, 1.82) is 0 Å². The highest BCUT2D eigenvalue weighted by Crippen LogP contribution is 2.28. The molecule has 1 amide bonds. The van der Waals surface area contributed by atoms with E-state index < -0.39 is 12.2 Å². The van der Waals surface area contributed by atoms with Gasteiger partial charge in [0.1, 0.15) is 12.2 Å². The zero-order valence-corrected chi connectivity index (χ0v) is 11.3. The largest absolute Gasteiger partial charge is 0.388 e. The lowest BCUT2D eigenvalue weighted by atomic mass is 10.0. The van der Waals surface area contributed by atoms with Gasteiger partial charge < -0.3 is 15.5 Å². The number of benzene rings is 1. The second kappa shape index (κ2) is 6.63. The van der Waals surface area contributed by atoms with Gasteiger partial charge >= 0.3 is 0 Å². The van der Waals surface area contributed by atoms with Gasteiger partial charge in [-0.3, -0.25) is 9.59 Å². The molecule has 0 fully saturated rings. The first-order valence-corrected chi connectivity index (χ1v) is 6.10. The quantitative estimate of drug-likeness (QED) is 0.701. The minimum Gasteiger partial charge on any atom is -0.388 e. The lowest BCUT2D eigenvalue weighted by molar-refractivity contribution is -0.119. The van der Waals surface area contributed by atoms with E-state index in [-0.39, 0.29) is 12.5 Å². The summed E-state index contributed by atoms with van der Waals surface area (Å²) in [4.78, 5) is 21.5. The molecule has 1 aromatic rings. The molecule has 0 saturated heterocycles. The number of carbonyl (C=O) groups is 2. The number of halogens is 1. The van der Waals surface area contributed by atoms with Crippen LogP contribution in [0.15, 0.2) is 22.7 Å². The first-order valence-electron chi connectivity index (χ1n) is 5.31. The Morgan fingerprint density at radius 3 is 2.72 bits per heavy atom. The van der Waals surface area contributed by atoms with Crippen molar-refractivity contribution in [2.24, 2.45) is 0 Å². The molecular weight excluding hydrogens is 302 g/mol. The average Bonchev–Trinajstić information content (AvgIpc) is 2.35. The maximum Gasteiger partial charge on any atom is 0.216 e. The fourth-order valence-electron chi connectivity index (χ4n) is 1.46. The molecular formula is C12H14BrNO4. The number of carbonyl (C=O) groups excluding carboxylic acids is 2. The Hall–Kier alpha value is -1.24. The van der Waals surface area contributed by atoms with Crippen molar-refractivity contribution in [3.05, 3.63) is 33.8 Å². The van der Waals surface area contributed by atoms with E-state index in [2.05, 4.69) is 21.2 Å². The second-order valence-corrected chi connectivity index (χ2v) is 4.61. The molecule has 0 radical (unpaired) electrons. The molecule has 2 unspecified atom stereocenters. The lowest BCUT2D eigenvalue weighted by Crippen LogP contribution is -2.34. The van der Waals surface area contributed by atoms with Gasteiger partial charge in [-0.25, -0.2) is 0 Å². The molecule has 0 heterocycles. The predicted octanol–water partition coefficient (Wildman–Crippen LogP) is 0.792. The summed E-state index contributed by atoms with van der Waals surface area (Å²) >= 11 is 3.20. The molecule has 3 N–H and O–H groups in total. The Balaban J connectivity index is 2.86. The molecule has 5 nitrogen and oxygen atoms in total. The molecule has 0 aromatic heterocycles. The van der Waals surface area contributed by atoms with Gasteiger partial charge in [-0.05, 0) is 21.5 Å². The first kappa shape index (κ1) is 14.8. The number of nitrogens with one attached hydrogen (secondary N) is 1. The number of hydrogen-bond acceptors (Lipinski definition) is 4. The van der Waals surface area contributed by atoms with E-state index in [1.165, 1.54) is 6.92 Å². The SMILES string of the molecule is CC(=O)NCC(O)C(O)c1cccc(C=O)c1Br. The number of aldehydes is 1. The molecule has 0 saturated carbocycles. The average molecular weight is 316 g/mol. The van der Waals surface area contributed by atoms with E-state index in [4.69, 9.17) is 0 Å². The molecule has 0 aliphatic carbocycles. The summed E-state index contributed by atoms with van der Waals surface area (Å²) in [5.41, 5.74) is 0.788. The standard InChI is InChI=1S/C12H14BrNO4/c1-7(16)14-5-10(17)12(18)9-4-2-3-8(6-15)11(9)13/h2-4,6,10,12,17-18H,5H2,1H3,(H,14,16). The molecule has 98 valence electrons. The number of rotatable bonds is 5. The Bertz CT molecular complexity index is 450. The maximum absolute atomic E-state index is 10.8. The van der Waals surface area contributed by atoms with Crippen LogP contribution in [0.2, 0.25) is 0 Å². The number of aliphatic hydroxyl groups excluding tert-OH is 2. The van der Waals surface area contributed by atoms with Crippen molar-refractivity contribution in [3.8, 4) is 0 Å². The Morgan fingerprint density at radius 2 is 2.17 bits per heavy atom. The van der Waals surface area contributed by atoms with Crippen molar-refractivity contribution >= 4 is 28.1 Å². The molecule has 6 heteroatoms. The minimum atomic E-state index is -1.19. The van der Waals surface area contributed by atoms with Gasteiger partial charge in [-0.15, -0.1) is 0 Å². The van der Waals surface area contributed by atoms with Crippen LogP contribution >= 0.6 is 15.9 Å². The zero-order valence-electron chi connectivity index (χ0n) is 9.76. The fourth-order valence-corrected chi connectivity index (χ4v) is 2.05. The van der Waals surface area contributed by atoms with Gasteiger partial charge in [0.2, 0.25) is 5.91 Å². The van der Waals surface area contributed by atoms with Crippen molar-refractivity contribution in [1.82, 2.24) is 5.32 Å². The summed E-state index contributed by atoms with van der Waals surface area (Å²) < 4.78 is 0.439. The second-order valence-electron chi connectivity index (χ2n) is 3.82. The third kappa shape index (κ3) is 3.63. The summed E-state index contributed by atoms with van der Waals surface area (Å²) in [7, 11) is 0. The van der Waals surface area contributed by atoms with Gasteiger partial charge in [0.05, 0.1) is 0 Å². The molecule has 2 atom stereocenters. The smallest absolute Gasteiger partial charge is 0.216 e. The Kier molecular flexibility index (Phi) is 5.46. The van der Waals surface area contributed by atoms with Crippen LogP contribution in [0.4, 0.5) is 0 Å². The topological polar surface area (TPSA) is 86.6 Å². The number of aliphatic hydroxyl groups is 2. The van der Waals surface area contributed by atoms with Crippen molar-refractivity contribution < 1.29 is 19.8 Å². The van der Waals surface area contributed by atoms with Crippen LogP contribution in [-0.2, 0) is 4.79 Å². The summed E-state index contributed by atoms with van der Waals surface area (Å²) in [6.07, 6.45) is -1.68. The van der Waals surface area contributed by atoms with Gasteiger partial charge in [-0.1, -0.05) is 18.2 Å². The van der Waals surface area contributed by atoms with Gasteiger partial charge in [-0.2, -0.15) is 0 Å². The van der Waals surface area contributed by atoms with E-state index in [9.17, 15) is 19.8 Å². The van der Waals surface area contributed by atoms with Crippen LogP contribution in [0.1, 0.15) is 28.9 Å². The van der Waals surface area contributed by atoms with Crippen LogP contribution in [0.25, 0.3) is 0 Å². The van der Waals surface area contributed by atoms with E-state index in [1.807, 2.05) is 0 Å². The molecule has 0 aliphatic heterocycles. The maximum atomic E-state index is 10.8. The van der Waals surface area contributed by atoms with Crippen LogP contribution in [0, 0.1) is 0 Å². The van der Waals surface area contributed by atoms with E-state index in [0.29, 0.717) is 21.9 Å². The third-order valence-electron chi connectivity index (χ3n) is 2.43. The third-order valence-corrected chi connectivity index (χ3v) is 3.34. The first-order chi connectivity index (χ1) is 8.47. The van der Waals surface area contributed by atoms with Crippen molar-refractivity contribution in [2.75, 3.05) is 6.54 Å². The van der Waals surface area contributed by atoms with E-state index in [1.54, 1.807) is 18.2 Å². The highest BCUT2D eigenvalue weighted by Gasteiger charge is 2.21. The lowest BCUT2D eigenvalue weighted by Gasteiger charge is -2.20. The number of amides is 1. The predicted molar refractivity (Wildman–Crippen MR) is 69.2 cm³/mol. The summed E-state index contributed by atoms with van der Waals surface area (Å²) in [5.74, 6) is -0.290. The molecule has 1 aromatic carbocycles. The van der Waals surface area contributed by atoms with Crippen LogP contribution in [0.5, 0.6) is 0 Å². The van der Waals surface area contributed by atoms with Crippen molar-refractivity contribution in [3.63, 3.8) is 0 Å². The zero-order chi connectivity index (χ0) is 13.7. The Morgan fingerprint density at radius 1 is 1.50 bits per heavy atom. The molecule has 1 rings (SSSR count). The van der Waals surface area contributed by atoms with Gasteiger partial charge in [0.25, 0.3) is 0 Å². The van der Waals surface area contributed by atoms with E-state index in [0.717, 1.165) is 0 Å². The van der Waals surface area contributed by atoms with Gasteiger partial charge in [0, 0.05) is 23.5 Å². The normalized spacial score (nSPS) is 13.8. The highest BCUT2D eigenvalue weighted by molar-refractivity contribution is 9.10. The fraction of sp³-hybridized carbons (Fsp3) is 0.333. The van der Waals surface area contributed by atoms with Crippen LogP contribution < -0.4 is 5.32 Å². The van der Waals surface area contributed by atoms with Gasteiger partial charge in [0.15, 0.2) is 6.29 Å². The van der Waals surface area contributed by atoms with Crippen molar-refractivity contribution in [2.45, 2.75) is 19.1 Å². The van der Waals surface area contributed by atoms with E-state index >= 15 is 0 Å². The summed E-state index contributed by atoms with van der Waals surface area (Å²) in [5, 5.41) is 22.1. The number of hydrogen-bond donors (Lipinski definition) is 3. The monoisotopic (exact) mass is 315 g/mol. The summed E-state index contributed by atoms with van der Waals surface area (Å²) in [6, 6.07) is 4.80. The molecule has 0 spiro atoms. The molecule has 0 aliphatic rings. The highest BCUT2D eigenvalue weighted by atomic mass is 79.9. The van der Waals surface area contributed by atoms with Crippen LogP contribution in [-0.4, -0.2) is 35.1 Å². The minimum absolute atomic E-state index is 0.0613. The molecule has 0 bridgehead atoms.